The largest absolute Gasteiger partial charge is 0.389 e. The second-order valence-corrected chi connectivity index (χ2v) is 13.0. The molecular formula is C20H24ClN9O12P2. The van der Waals surface area contributed by atoms with Gasteiger partial charge in [0.2, 0.25) is 5.95 Å². The fraction of sp³-hybridized carbons (Fsp3) is 0.500. The number of aliphatic hydroxyl groups is 3. The smallest absolute Gasteiger partial charge is 0.338 e. The van der Waals surface area contributed by atoms with Crippen molar-refractivity contribution in [1.82, 2.24) is 39.0 Å². The molecular weight excluding hydrogens is 656 g/mol. The van der Waals surface area contributed by atoms with Crippen molar-refractivity contribution in [3.8, 4) is 0 Å². The predicted molar refractivity (Wildman–Crippen MR) is 145 cm³/mol. The zero-order chi connectivity index (χ0) is 31.5. The fourth-order valence-electron chi connectivity index (χ4n) is 5.11. The Morgan fingerprint density at radius 3 is 2.39 bits per heavy atom. The van der Waals surface area contributed by atoms with Crippen LogP contribution in [0.1, 0.15) is 12.5 Å². The quantitative estimate of drug-likeness (QED) is 0.0746. The number of nitrogen functional groups attached to an aromatic ring is 1. The summed E-state index contributed by atoms with van der Waals surface area (Å²) in [6.45, 7) is -1.42. The summed E-state index contributed by atoms with van der Waals surface area (Å²) in [7, 11) is -8.46. The van der Waals surface area contributed by atoms with E-state index in [9.17, 15) is 34.1 Å². The topological polar surface area (TPSA) is 305 Å². The highest BCUT2D eigenvalue weighted by molar-refractivity contribution is 7.53. The minimum Gasteiger partial charge on any atom is -0.389 e. The van der Waals surface area contributed by atoms with Gasteiger partial charge in [-0.2, -0.15) is 4.98 Å². The highest BCUT2D eigenvalue weighted by atomic mass is 35.5. The number of nitrogens with two attached hydrogens (primary N) is 1. The molecule has 2 aliphatic heterocycles. The summed E-state index contributed by atoms with van der Waals surface area (Å²) < 4.78 is 48.7. The van der Waals surface area contributed by atoms with Crippen LogP contribution in [-0.2, 0) is 27.7 Å². The predicted octanol–water partition coefficient (Wildman–Crippen LogP) is -1.96. The Kier molecular flexibility index (Phi) is 8.33. The molecule has 0 radical (unpaired) electrons. The van der Waals surface area contributed by atoms with Crippen molar-refractivity contribution in [3.05, 3.63) is 34.5 Å². The zero-order valence-corrected chi connectivity index (χ0v) is 24.5. The van der Waals surface area contributed by atoms with E-state index in [1.54, 1.807) is 0 Å². The van der Waals surface area contributed by atoms with Gasteiger partial charge in [-0.3, -0.25) is 28.0 Å². The second kappa shape index (κ2) is 11.8. The van der Waals surface area contributed by atoms with Crippen molar-refractivity contribution in [2.24, 2.45) is 0 Å². The molecule has 0 bridgehead atoms. The number of fused-ring (bicyclic) bond motifs is 2. The van der Waals surface area contributed by atoms with Crippen molar-refractivity contribution in [2.45, 2.75) is 48.6 Å². The number of imidazole rings is 2. The van der Waals surface area contributed by atoms with E-state index in [2.05, 4.69) is 34.4 Å². The minimum atomic E-state index is -4.99. The first-order chi connectivity index (χ1) is 20.9. The molecule has 2 fully saturated rings. The fourth-order valence-corrected chi connectivity index (χ4v) is 7.24. The van der Waals surface area contributed by atoms with Crippen LogP contribution in [0.2, 0.25) is 5.15 Å². The molecule has 24 heteroatoms. The number of nitrogens with zero attached hydrogens (tertiary/aromatic N) is 7. The molecule has 2 aliphatic rings. The van der Waals surface area contributed by atoms with E-state index in [1.807, 2.05) is 0 Å². The number of aromatic nitrogens is 8. The van der Waals surface area contributed by atoms with Crippen molar-refractivity contribution in [2.75, 3.05) is 18.9 Å². The molecule has 6 heterocycles. The molecule has 0 aliphatic carbocycles. The van der Waals surface area contributed by atoms with Crippen LogP contribution in [0.3, 0.4) is 0 Å². The second-order valence-electron chi connectivity index (χ2n) is 9.79. The lowest BCUT2D eigenvalue weighted by Gasteiger charge is -2.27. The Morgan fingerprint density at radius 2 is 1.66 bits per heavy atom. The van der Waals surface area contributed by atoms with Crippen LogP contribution in [0.15, 0.2) is 23.8 Å². The molecule has 0 aromatic carbocycles. The summed E-state index contributed by atoms with van der Waals surface area (Å²) in [5.41, 5.74) is 3.14. The van der Waals surface area contributed by atoms with Gasteiger partial charge in [0.1, 0.15) is 48.0 Å². The standard InChI is InChI=1S/C20H24ClN9O12P2/c21-14-8-15(24-3-23-14)29(4-25-8)18-12(33)10(31)7(41-18)2-40-44(37,38)13-11(32)6(1-39-43(35)36)42-19(13)30-5-26-9-16(30)27-20(22)28-17(9)34/h3-7,10-13,18-19,31-33,43H,1-2H2,(H,35,36)(H,37,38)(H3,22,27,28,34)/t6-,7-,10-,11-,12-,13-,18-,19-/m1/s1. The number of ether oxygens (including phenoxy) is 2. The minimum absolute atomic E-state index is 0.0399. The van der Waals surface area contributed by atoms with Crippen molar-refractivity contribution >= 4 is 55.7 Å². The van der Waals surface area contributed by atoms with E-state index in [0.29, 0.717) is 0 Å². The summed E-state index contributed by atoms with van der Waals surface area (Å²) in [4.78, 5) is 54.7. The lowest BCUT2D eigenvalue weighted by Crippen LogP contribution is -2.36. The van der Waals surface area contributed by atoms with Crippen LogP contribution in [-0.4, -0.2) is 114 Å². The maximum Gasteiger partial charge on any atom is 0.338 e. The average Bonchev–Trinajstić information content (AvgIpc) is 3.72. The molecule has 238 valence electrons. The zero-order valence-electron chi connectivity index (χ0n) is 21.9. The third kappa shape index (κ3) is 5.44. The highest BCUT2D eigenvalue weighted by Crippen LogP contribution is 2.57. The Labute approximate surface area is 249 Å². The van der Waals surface area contributed by atoms with E-state index in [0.717, 1.165) is 17.2 Å². The first-order valence-electron chi connectivity index (χ1n) is 12.6. The van der Waals surface area contributed by atoms with Crippen LogP contribution < -0.4 is 11.3 Å². The molecule has 2 unspecified atom stereocenters. The number of nitrogens with one attached hydrogen (secondary N) is 1. The molecule has 6 rings (SSSR count). The number of hydrogen-bond acceptors (Lipinski definition) is 16. The van der Waals surface area contributed by atoms with Gasteiger partial charge in [0, 0.05) is 0 Å². The van der Waals surface area contributed by atoms with Gasteiger partial charge in [-0.1, -0.05) is 11.6 Å². The number of aliphatic hydroxyl groups excluding tert-OH is 3. The van der Waals surface area contributed by atoms with E-state index < -0.39 is 83.3 Å². The van der Waals surface area contributed by atoms with E-state index in [1.165, 1.54) is 10.9 Å². The lowest BCUT2D eigenvalue weighted by atomic mass is 10.1. The average molecular weight is 680 g/mol. The number of halogens is 1. The van der Waals surface area contributed by atoms with Gasteiger partial charge in [0.25, 0.3) is 5.56 Å². The maximum atomic E-state index is 13.7. The van der Waals surface area contributed by atoms with Gasteiger partial charge in [0.15, 0.2) is 34.4 Å². The SMILES string of the molecule is Nc1nc2c(ncn2[C@@H]2O[C@H](CO[PH](=O)O)[C@@H](O)[C@H]2P(=O)(O)OC[C@H]2O[C@@H](n3cnc4c(Cl)ncnc43)[C@H](O)[C@@H]2O)c(=O)[nH]1. The van der Waals surface area contributed by atoms with E-state index in [4.69, 9.17) is 36.2 Å². The van der Waals surface area contributed by atoms with Gasteiger partial charge in [-0.15, -0.1) is 0 Å². The lowest BCUT2D eigenvalue weighted by molar-refractivity contribution is -0.0494. The summed E-state index contributed by atoms with van der Waals surface area (Å²) >= 11 is 6.03. The summed E-state index contributed by atoms with van der Waals surface area (Å²) in [5.74, 6) is -0.304. The van der Waals surface area contributed by atoms with E-state index >= 15 is 0 Å². The van der Waals surface area contributed by atoms with E-state index in [-0.39, 0.29) is 33.4 Å². The van der Waals surface area contributed by atoms with Crippen LogP contribution in [0.25, 0.3) is 22.3 Å². The Balaban J connectivity index is 1.26. The molecule has 10 atom stereocenters. The summed E-state index contributed by atoms with van der Waals surface area (Å²) in [6.07, 6.45) is -7.14. The number of anilines is 1. The molecule has 0 saturated carbocycles. The van der Waals surface area contributed by atoms with Crippen molar-refractivity contribution in [1.29, 1.82) is 0 Å². The van der Waals surface area contributed by atoms with Gasteiger partial charge >= 0.3 is 15.9 Å². The van der Waals surface area contributed by atoms with Crippen molar-refractivity contribution < 1.29 is 52.8 Å². The Morgan fingerprint density at radius 1 is 1.00 bits per heavy atom. The van der Waals surface area contributed by atoms with Gasteiger partial charge < -0.3 is 49.4 Å². The number of H-pyrrole nitrogens is 1. The number of rotatable bonds is 9. The Bertz CT molecular complexity index is 1840. The third-order valence-electron chi connectivity index (χ3n) is 7.16. The molecule has 0 spiro atoms. The van der Waals surface area contributed by atoms with Crippen LogP contribution in [0.5, 0.6) is 0 Å². The highest BCUT2D eigenvalue weighted by Gasteiger charge is 2.56. The van der Waals surface area contributed by atoms with Crippen LogP contribution >= 0.6 is 27.5 Å². The molecule has 4 aromatic heterocycles. The first-order valence-corrected chi connectivity index (χ1v) is 15.9. The molecule has 2 saturated heterocycles. The van der Waals surface area contributed by atoms with Gasteiger partial charge in [0.05, 0.1) is 25.9 Å². The van der Waals surface area contributed by atoms with Crippen LogP contribution in [0.4, 0.5) is 5.95 Å². The third-order valence-corrected chi connectivity index (χ3v) is 9.68. The monoisotopic (exact) mass is 679 g/mol. The molecule has 0 amide bonds. The number of hydrogen-bond donors (Lipinski definition) is 7. The van der Waals surface area contributed by atoms with Gasteiger partial charge in [-0.05, 0) is 0 Å². The number of aromatic amines is 1. The van der Waals surface area contributed by atoms with Gasteiger partial charge in [-0.25, -0.2) is 19.9 Å². The van der Waals surface area contributed by atoms with Crippen molar-refractivity contribution in [3.63, 3.8) is 0 Å². The molecule has 21 nitrogen and oxygen atoms in total. The van der Waals surface area contributed by atoms with Crippen LogP contribution in [0, 0.1) is 0 Å². The normalized spacial score (nSPS) is 31.1. The molecule has 44 heavy (non-hydrogen) atoms. The summed E-state index contributed by atoms with van der Waals surface area (Å²) in [6, 6.07) is 0. The molecule has 4 aromatic rings. The first kappa shape index (κ1) is 31.1. The summed E-state index contributed by atoms with van der Waals surface area (Å²) in [5, 5.41) is 32.5. The Hall–Kier alpha value is -2.91. The molecule has 8 N–H and O–H groups in total. The maximum absolute atomic E-state index is 13.7.